The van der Waals surface area contributed by atoms with Crippen molar-refractivity contribution in [2.24, 2.45) is 5.73 Å². The summed E-state index contributed by atoms with van der Waals surface area (Å²) in [6, 6.07) is 1.02. The first-order valence-electron chi connectivity index (χ1n) is 4.88. The summed E-state index contributed by atoms with van der Waals surface area (Å²) < 4.78 is 0. The Labute approximate surface area is 101 Å². The summed E-state index contributed by atoms with van der Waals surface area (Å²) >= 11 is 0. The number of hydrogen-bond donors (Lipinski definition) is 3. The fraction of sp³-hybridized carbons (Fsp3) is 0.222. The molecule has 0 aromatic carbocycles. The minimum atomic E-state index is -0.688. The molecule has 0 atom stereocenters. The van der Waals surface area contributed by atoms with E-state index < -0.39 is 16.7 Å². The van der Waals surface area contributed by atoms with Crippen LogP contribution in [0.2, 0.25) is 0 Å². The summed E-state index contributed by atoms with van der Waals surface area (Å²) in [6.07, 6.45) is 0.920. The van der Waals surface area contributed by atoms with Gasteiger partial charge in [-0.15, -0.1) is 0 Å². The van der Waals surface area contributed by atoms with E-state index in [1.165, 1.54) is 0 Å². The number of nitrogens with one attached hydrogen (secondary N) is 1. The lowest BCUT2D eigenvalue weighted by Crippen LogP contribution is -2.28. The zero-order valence-electron chi connectivity index (χ0n) is 9.25. The van der Waals surface area contributed by atoms with Crippen LogP contribution >= 0.6 is 0 Å². The van der Waals surface area contributed by atoms with Crippen molar-refractivity contribution in [3.8, 4) is 0 Å². The lowest BCUT2D eigenvalue weighted by molar-refractivity contribution is -0.385. The number of nitrogen functional groups attached to an aromatic ring is 1. The van der Waals surface area contributed by atoms with Gasteiger partial charge < -0.3 is 16.8 Å². The standard InChI is InChI=1S/C9H11N5O4/c10-7(15)1-2-12-9(16)6-3-5(14(17)18)4-13-8(6)11/h3-4H,1-2H2,(H2,10,15)(H2,11,13)(H,12,16). The molecule has 1 aromatic heterocycles. The molecule has 0 unspecified atom stereocenters. The van der Waals surface area contributed by atoms with E-state index in [-0.39, 0.29) is 30.0 Å². The molecule has 2 amide bonds. The summed E-state index contributed by atoms with van der Waals surface area (Å²) in [6.45, 7) is 0.0241. The second kappa shape index (κ2) is 5.57. The molecule has 5 N–H and O–H groups in total. The molecule has 0 aliphatic heterocycles. The summed E-state index contributed by atoms with van der Waals surface area (Å²) in [4.78, 5) is 35.5. The monoisotopic (exact) mass is 253 g/mol. The van der Waals surface area contributed by atoms with E-state index >= 15 is 0 Å². The van der Waals surface area contributed by atoms with Crippen LogP contribution < -0.4 is 16.8 Å². The van der Waals surface area contributed by atoms with E-state index in [0.29, 0.717) is 0 Å². The summed E-state index contributed by atoms with van der Waals surface area (Å²) in [5.74, 6) is -1.34. The van der Waals surface area contributed by atoms with Gasteiger partial charge in [0.05, 0.1) is 10.5 Å². The van der Waals surface area contributed by atoms with E-state index in [9.17, 15) is 19.7 Å². The summed E-state index contributed by atoms with van der Waals surface area (Å²) in [5.41, 5.74) is 9.87. The van der Waals surface area contributed by atoms with Crippen LogP contribution in [0.15, 0.2) is 12.3 Å². The van der Waals surface area contributed by atoms with Crippen molar-refractivity contribution in [2.75, 3.05) is 12.3 Å². The van der Waals surface area contributed by atoms with E-state index in [0.717, 1.165) is 12.3 Å². The van der Waals surface area contributed by atoms with Crippen LogP contribution in [0.5, 0.6) is 0 Å². The van der Waals surface area contributed by atoms with Gasteiger partial charge in [-0.3, -0.25) is 19.7 Å². The van der Waals surface area contributed by atoms with Gasteiger partial charge in [0, 0.05) is 19.0 Å². The lowest BCUT2D eigenvalue weighted by Gasteiger charge is -2.05. The van der Waals surface area contributed by atoms with Crippen LogP contribution in [0.25, 0.3) is 0 Å². The Bertz CT molecular complexity index is 502. The molecule has 1 heterocycles. The SMILES string of the molecule is NC(=O)CCNC(=O)c1cc([N+](=O)[O-])cnc1N. The highest BCUT2D eigenvalue weighted by Gasteiger charge is 2.16. The fourth-order valence-electron chi connectivity index (χ4n) is 1.14. The molecule has 0 spiro atoms. The first kappa shape index (κ1) is 13.4. The van der Waals surface area contributed by atoms with Gasteiger partial charge in [-0.2, -0.15) is 0 Å². The van der Waals surface area contributed by atoms with Crippen molar-refractivity contribution >= 4 is 23.3 Å². The molecule has 9 nitrogen and oxygen atoms in total. The van der Waals surface area contributed by atoms with Crippen LogP contribution in [0, 0.1) is 10.1 Å². The van der Waals surface area contributed by atoms with Crippen LogP contribution in [0.4, 0.5) is 11.5 Å². The van der Waals surface area contributed by atoms with Gasteiger partial charge in [-0.1, -0.05) is 0 Å². The Morgan fingerprint density at radius 1 is 1.50 bits per heavy atom. The van der Waals surface area contributed by atoms with Crippen molar-refractivity contribution in [3.63, 3.8) is 0 Å². The van der Waals surface area contributed by atoms with Gasteiger partial charge >= 0.3 is 0 Å². The van der Waals surface area contributed by atoms with E-state index in [4.69, 9.17) is 11.5 Å². The van der Waals surface area contributed by atoms with E-state index in [1.54, 1.807) is 0 Å². The molecule has 96 valence electrons. The van der Waals surface area contributed by atoms with Crippen LogP contribution in [-0.2, 0) is 4.79 Å². The van der Waals surface area contributed by atoms with Crippen LogP contribution in [0.3, 0.4) is 0 Å². The Kier molecular flexibility index (Phi) is 4.13. The average molecular weight is 253 g/mol. The third kappa shape index (κ3) is 3.40. The predicted molar refractivity (Wildman–Crippen MR) is 61.4 cm³/mol. The first-order chi connectivity index (χ1) is 8.41. The van der Waals surface area contributed by atoms with E-state index in [2.05, 4.69) is 10.3 Å². The minimum absolute atomic E-state index is 0.0241. The zero-order valence-corrected chi connectivity index (χ0v) is 9.25. The molecule has 0 fully saturated rings. The smallest absolute Gasteiger partial charge is 0.288 e. The molecule has 0 radical (unpaired) electrons. The number of carbonyl (C=O) groups is 2. The highest BCUT2D eigenvalue weighted by molar-refractivity contribution is 5.99. The maximum atomic E-state index is 11.6. The van der Waals surface area contributed by atoms with Gasteiger partial charge in [0.15, 0.2) is 0 Å². The fourth-order valence-corrected chi connectivity index (χ4v) is 1.14. The quantitative estimate of drug-likeness (QED) is 0.459. The van der Waals surface area contributed by atoms with Crippen molar-refractivity contribution < 1.29 is 14.5 Å². The number of aromatic nitrogens is 1. The second-order valence-electron chi connectivity index (χ2n) is 3.36. The summed E-state index contributed by atoms with van der Waals surface area (Å²) in [5, 5.41) is 12.9. The highest BCUT2D eigenvalue weighted by atomic mass is 16.6. The molecule has 1 rings (SSSR count). The molecule has 0 bridgehead atoms. The van der Waals surface area contributed by atoms with Gasteiger partial charge in [0.2, 0.25) is 5.91 Å². The number of nitro groups is 1. The molecule has 18 heavy (non-hydrogen) atoms. The van der Waals surface area contributed by atoms with Gasteiger partial charge in [0.1, 0.15) is 12.0 Å². The number of pyridine rings is 1. The van der Waals surface area contributed by atoms with Crippen molar-refractivity contribution in [1.29, 1.82) is 0 Å². The highest BCUT2D eigenvalue weighted by Crippen LogP contribution is 2.16. The van der Waals surface area contributed by atoms with Crippen molar-refractivity contribution in [2.45, 2.75) is 6.42 Å². The molecule has 0 saturated heterocycles. The number of nitrogens with zero attached hydrogens (tertiary/aromatic N) is 2. The normalized spacial score (nSPS) is 9.78. The Morgan fingerprint density at radius 2 is 2.17 bits per heavy atom. The predicted octanol–water partition coefficient (Wildman–Crippen LogP) is -0.823. The molecule has 9 heteroatoms. The minimum Gasteiger partial charge on any atom is -0.383 e. The second-order valence-corrected chi connectivity index (χ2v) is 3.36. The molecular weight excluding hydrogens is 242 g/mol. The third-order valence-corrected chi connectivity index (χ3v) is 2.02. The third-order valence-electron chi connectivity index (χ3n) is 2.02. The Hall–Kier alpha value is -2.71. The van der Waals surface area contributed by atoms with Crippen molar-refractivity contribution in [3.05, 3.63) is 27.9 Å². The Balaban J connectivity index is 2.81. The number of nitrogens with two attached hydrogens (primary N) is 2. The molecule has 0 saturated carbocycles. The number of rotatable bonds is 5. The van der Waals surface area contributed by atoms with E-state index in [1.807, 2.05) is 0 Å². The Morgan fingerprint density at radius 3 is 2.72 bits per heavy atom. The number of amides is 2. The van der Waals surface area contributed by atoms with Gasteiger partial charge in [-0.05, 0) is 0 Å². The van der Waals surface area contributed by atoms with Gasteiger partial charge in [-0.25, -0.2) is 4.98 Å². The molecular formula is C9H11N5O4. The number of hydrogen-bond acceptors (Lipinski definition) is 6. The number of primary amides is 1. The summed E-state index contributed by atoms with van der Waals surface area (Å²) in [7, 11) is 0. The topological polar surface area (TPSA) is 154 Å². The number of carbonyl (C=O) groups excluding carboxylic acids is 2. The molecule has 0 aliphatic carbocycles. The van der Waals surface area contributed by atoms with Crippen LogP contribution in [0.1, 0.15) is 16.8 Å². The zero-order chi connectivity index (χ0) is 13.7. The maximum Gasteiger partial charge on any atom is 0.288 e. The lowest BCUT2D eigenvalue weighted by atomic mass is 10.2. The number of anilines is 1. The van der Waals surface area contributed by atoms with Crippen LogP contribution in [-0.4, -0.2) is 28.3 Å². The molecule has 0 aliphatic rings. The average Bonchev–Trinajstić information content (AvgIpc) is 2.28. The van der Waals surface area contributed by atoms with Gasteiger partial charge in [0.25, 0.3) is 11.6 Å². The maximum absolute atomic E-state index is 11.6. The largest absolute Gasteiger partial charge is 0.383 e. The molecule has 1 aromatic rings. The first-order valence-corrected chi connectivity index (χ1v) is 4.88. The van der Waals surface area contributed by atoms with Crippen molar-refractivity contribution in [1.82, 2.24) is 10.3 Å².